The van der Waals surface area contributed by atoms with Gasteiger partial charge in [0.15, 0.2) is 0 Å². The van der Waals surface area contributed by atoms with Crippen LogP contribution in [0.4, 0.5) is 0 Å². The van der Waals surface area contributed by atoms with Crippen LogP contribution in [0.25, 0.3) is 0 Å². The highest BCUT2D eigenvalue weighted by molar-refractivity contribution is 9.12. The normalized spacial score (nSPS) is 25.4. The van der Waals surface area contributed by atoms with E-state index >= 15 is 0 Å². The van der Waals surface area contributed by atoms with Gasteiger partial charge in [0.2, 0.25) is 5.78 Å². The van der Waals surface area contributed by atoms with Gasteiger partial charge in [-0.2, -0.15) is 0 Å². The number of rotatable bonds is 0. The second-order valence-electron chi connectivity index (χ2n) is 3.13. The maximum Gasteiger partial charge on any atom is 0.203 e. The second kappa shape index (κ2) is 3.58. The Bertz CT molecular complexity index is 400. The summed E-state index contributed by atoms with van der Waals surface area (Å²) < 4.78 is 6.09. The first kappa shape index (κ1) is 9.46. The maximum atomic E-state index is 11.8. The molecule has 1 atom stereocenters. The van der Waals surface area contributed by atoms with Crippen LogP contribution in [0.2, 0.25) is 0 Å². The third-order valence-corrected chi connectivity index (χ3v) is 3.08. The van der Waals surface area contributed by atoms with Crippen molar-refractivity contribution in [3.8, 4) is 0 Å². The molecule has 0 aromatic rings. The molecule has 1 aliphatic carbocycles. The molecule has 2 rings (SSSR count). The Balaban J connectivity index is 2.47. The molecule has 3 heteroatoms. The smallest absolute Gasteiger partial charge is 0.203 e. The fraction of sp³-hybridized carbons (Fsp3) is 0.182. The molecule has 0 aromatic carbocycles. The van der Waals surface area contributed by atoms with Crippen molar-refractivity contribution < 1.29 is 9.53 Å². The third kappa shape index (κ3) is 1.48. The molecule has 0 aromatic heterocycles. The van der Waals surface area contributed by atoms with Crippen LogP contribution in [0, 0.1) is 0 Å². The van der Waals surface area contributed by atoms with Crippen LogP contribution in [0.3, 0.4) is 0 Å². The molecule has 1 aliphatic heterocycles. The maximum absolute atomic E-state index is 11.8. The van der Waals surface area contributed by atoms with Gasteiger partial charge in [0.05, 0.1) is 0 Å². The van der Waals surface area contributed by atoms with Gasteiger partial charge in [-0.15, -0.1) is 0 Å². The van der Waals surface area contributed by atoms with Gasteiger partial charge in [-0.05, 0) is 28.9 Å². The lowest BCUT2D eigenvalue weighted by molar-refractivity contribution is -0.113. The summed E-state index contributed by atoms with van der Waals surface area (Å²) in [6.45, 7) is 1.78. The molecule has 0 N–H and O–H groups in total. The average molecular weight is 253 g/mol. The van der Waals surface area contributed by atoms with Crippen molar-refractivity contribution in [1.82, 2.24) is 0 Å². The van der Waals surface area contributed by atoms with Crippen LogP contribution in [0.15, 0.2) is 46.2 Å². The summed E-state index contributed by atoms with van der Waals surface area (Å²) in [7, 11) is 0. The molecule has 0 bridgehead atoms. The van der Waals surface area contributed by atoms with E-state index in [0.717, 1.165) is 0 Å². The molecule has 14 heavy (non-hydrogen) atoms. The fourth-order valence-corrected chi connectivity index (χ4v) is 1.75. The molecule has 1 heterocycles. The van der Waals surface area contributed by atoms with Crippen molar-refractivity contribution in [3.05, 3.63) is 46.2 Å². The van der Waals surface area contributed by atoms with E-state index in [-0.39, 0.29) is 11.9 Å². The number of Topliss-reactive ketones (excluding diaryl/α,β-unsaturated/α-hetero) is 1. The van der Waals surface area contributed by atoms with E-state index < -0.39 is 0 Å². The van der Waals surface area contributed by atoms with E-state index in [4.69, 9.17) is 4.74 Å². The van der Waals surface area contributed by atoms with Gasteiger partial charge in [-0.1, -0.05) is 24.3 Å². The summed E-state index contributed by atoms with van der Waals surface area (Å²) in [5.41, 5.74) is 0.674. The van der Waals surface area contributed by atoms with Gasteiger partial charge in [0.1, 0.15) is 16.3 Å². The number of allylic oxidation sites excluding steroid dienone is 6. The predicted molar refractivity (Wildman–Crippen MR) is 57.9 cm³/mol. The zero-order valence-electron chi connectivity index (χ0n) is 7.66. The Morgan fingerprint density at radius 1 is 1.36 bits per heavy atom. The number of hydrogen-bond acceptors (Lipinski definition) is 2. The van der Waals surface area contributed by atoms with Crippen LogP contribution < -0.4 is 0 Å². The average Bonchev–Trinajstić information content (AvgIpc) is 2.39. The zero-order valence-corrected chi connectivity index (χ0v) is 9.24. The molecule has 2 aliphatic rings. The molecule has 0 saturated carbocycles. The van der Waals surface area contributed by atoms with Crippen molar-refractivity contribution in [1.29, 1.82) is 0 Å². The summed E-state index contributed by atoms with van der Waals surface area (Å²) in [6.07, 6.45) is 9.03. The van der Waals surface area contributed by atoms with Crippen LogP contribution in [0.5, 0.6) is 0 Å². The molecule has 2 nitrogen and oxygen atoms in total. The molecule has 0 saturated heterocycles. The van der Waals surface area contributed by atoms with Crippen molar-refractivity contribution in [2.24, 2.45) is 0 Å². The minimum atomic E-state index is -0.237. The van der Waals surface area contributed by atoms with Crippen molar-refractivity contribution in [3.63, 3.8) is 0 Å². The Morgan fingerprint density at radius 3 is 2.93 bits per heavy atom. The lowest BCUT2D eigenvalue weighted by Gasteiger charge is -2.23. The predicted octanol–water partition coefficient (Wildman–Crippen LogP) is 2.63. The van der Waals surface area contributed by atoms with Crippen LogP contribution >= 0.6 is 15.9 Å². The minimum absolute atomic E-state index is 0.00921. The van der Waals surface area contributed by atoms with E-state index in [9.17, 15) is 4.79 Å². The summed E-state index contributed by atoms with van der Waals surface area (Å²) in [6, 6.07) is 0. The summed E-state index contributed by atoms with van der Waals surface area (Å²) in [5.74, 6) is 0.652. The van der Waals surface area contributed by atoms with Crippen LogP contribution in [-0.2, 0) is 9.53 Å². The van der Waals surface area contributed by atoms with E-state index in [0.29, 0.717) is 15.8 Å². The highest BCUT2D eigenvalue weighted by Gasteiger charge is 2.29. The SMILES string of the molecule is CC1=C(Br)C(=O)C2=CC=CC=CC2O1. The molecular formula is C11H9BrO2. The standard InChI is InChI=1S/C11H9BrO2/c1-7-10(12)11(13)8-5-3-2-4-6-9(8)14-7/h2-6,9H,1H3. The summed E-state index contributed by atoms with van der Waals surface area (Å²) in [5, 5.41) is 0. The van der Waals surface area contributed by atoms with E-state index in [1.54, 1.807) is 13.0 Å². The van der Waals surface area contributed by atoms with Gasteiger partial charge in [0, 0.05) is 5.57 Å². The van der Waals surface area contributed by atoms with E-state index in [2.05, 4.69) is 15.9 Å². The molecule has 0 spiro atoms. The number of hydrogen-bond donors (Lipinski definition) is 0. The highest BCUT2D eigenvalue weighted by Crippen LogP contribution is 2.30. The Kier molecular flexibility index (Phi) is 2.42. The van der Waals surface area contributed by atoms with Crippen molar-refractivity contribution in [2.75, 3.05) is 0 Å². The molecule has 0 amide bonds. The number of ether oxygens (including phenoxy) is 1. The topological polar surface area (TPSA) is 26.3 Å². The number of halogens is 1. The van der Waals surface area contributed by atoms with Gasteiger partial charge >= 0.3 is 0 Å². The molecule has 0 fully saturated rings. The molecule has 0 radical (unpaired) electrons. The summed E-state index contributed by atoms with van der Waals surface area (Å²) in [4.78, 5) is 11.8. The van der Waals surface area contributed by atoms with Gasteiger partial charge in [-0.25, -0.2) is 0 Å². The number of carbonyl (C=O) groups is 1. The lowest BCUT2D eigenvalue weighted by Crippen LogP contribution is -2.25. The lowest BCUT2D eigenvalue weighted by atomic mass is 10.0. The quantitative estimate of drug-likeness (QED) is 0.663. The Labute approximate surface area is 90.8 Å². The van der Waals surface area contributed by atoms with Gasteiger partial charge in [-0.3, -0.25) is 4.79 Å². The van der Waals surface area contributed by atoms with Crippen LogP contribution in [0.1, 0.15) is 6.92 Å². The Hall–Kier alpha value is -1.09. The fourth-order valence-electron chi connectivity index (χ4n) is 1.42. The molecular weight excluding hydrogens is 244 g/mol. The highest BCUT2D eigenvalue weighted by atomic mass is 79.9. The van der Waals surface area contributed by atoms with Gasteiger partial charge in [0.25, 0.3) is 0 Å². The van der Waals surface area contributed by atoms with E-state index in [1.165, 1.54) is 0 Å². The summed E-state index contributed by atoms with van der Waals surface area (Å²) >= 11 is 3.22. The molecule has 1 unspecified atom stereocenters. The van der Waals surface area contributed by atoms with E-state index in [1.807, 2.05) is 24.3 Å². The second-order valence-corrected chi connectivity index (χ2v) is 3.92. The third-order valence-electron chi connectivity index (χ3n) is 2.16. The monoisotopic (exact) mass is 252 g/mol. The first-order valence-electron chi connectivity index (χ1n) is 4.33. The number of carbonyl (C=O) groups excluding carboxylic acids is 1. The Morgan fingerprint density at radius 2 is 2.14 bits per heavy atom. The first-order valence-corrected chi connectivity index (χ1v) is 5.12. The van der Waals surface area contributed by atoms with Crippen LogP contribution in [-0.4, -0.2) is 11.9 Å². The number of ketones is 1. The molecule has 72 valence electrons. The van der Waals surface area contributed by atoms with Crippen molar-refractivity contribution >= 4 is 21.7 Å². The van der Waals surface area contributed by atoms with Crippen molar-refractivity contribution in [2.45, 2.75) is 13.0 Å². The minimum Gasteiger partial charge on any atom is -0.485 e. The largest absolute Gasteiger partial charge is 0.485 e. The zero-order chi connectivity index (χ0) is 10.1. The first-order chi connectivity index (χ1) is 6.70. The van der Waals surface area contributed by atoms with Gasteiger partial charge < -0.3 is 4.74 Å². The number of fused-ring (bicyclic) bond motifs is 1.